The van der Waals surface area contributed by atoms with Gasteiger partial charge in [0.05, 0.1) is 11.6 Å². The lowest BCUT2D eigenvalue weighted by atomic mass is 9.95. The van der Waals surface area contributed by atoms with Gasteiger partial charge in [0.15, 0.2) is 0 Å². The first-order valence-corrected chi connectivity index (χ1v) is 8.99. The second-order valence-electron chi connectivity index (χ2n) is 6.32. The third-order valence-corrected chi connectivity index (χ3v) is 4.38. The van der Waals surface area contributed by atoms with Gasteiger partial charge in [-0.3, -0.25) is 9.78 Å². The molecule has 0 saturated carbocycles. The fourth-order valence-corrected chi connectivity index (χ4v) is 2.99. The molecule has 6 heteroatoms. The normalized spacial score (nSPS) is 11.7. The van der Waals surface area contributed by atoms with Gasteiger partial charge in [0.1, 0.15) is 18.2 Å². The van der Waals surface area contributed by atoms with Crippen LogP contribution in [0.5, 0.6) is 5.75 Å². The molecule has 144 valence electrons. The first kappa shape index (κ1) is 19.5. The number of rotatable bonds is 7. The van der Waals surface area contributed by atoms with Crippen molar-refractivity contribution in [2.45, 2.75) is 13.0 Å². The lowest BCUT2D eigenvalue weighted by molar-refractivity contribution is 0.0938. The lowest BCUT2D eigenvalue weighted by Crippen LogP contribution is -2.30. The largest absolute Gasteiger partial charge is 0.491 e. The molecule has 5 nitrogen and oxygen atoms in total. The lowest BCUT2D eigenvalue weighted by Gasteiger charge is -2.22. The summed E-state index contributed by atoms with van der Waals surface area (Å²) in [4.78, 5) is 17.1. The number of carbonyl (C=O) groups excluding carboxylic acids is 1. The van der Waals surface area contributed by atoms with E-state index in [1.165, 1.54) is 18.2 Å². The van der Waals surface area contributed by atoms with Crippen molar-refractivity contribution in [3.05, 3.63) is 95.1 Å². The van der Waals surface area contributed by atoms with Gasteiger partial charge >= 0.3 is 0 Å². The quantitative estimate of drug-likeness (QED) is 0.660. The molecule has 0 aliphatic heterocycles. The second-order valence-corrected chi connectivity index (χ2v) is 6.32. The van der Waals surface area contributed by atoms with Crippen LogP contribution in [-0.4, -0.2) is 24.0 Å². The first-order valence-electron chi connectivity index (χ1n) is 8.99. The Balaban J connectivity index is 1.97. The molecule has 1 amide bonds. The van der Waals surface area contributed by atoms with Gasteiger partial charge in [-0.1, -0.05) is 24.3 Å². The number of amides is 1. The van der Waals surface area contributed by atoms with Gasteiger partial charge in [0.25, 0.3) is 5.91 Å². The van der Waals surface area contributed by atoms with Gasteiger partial charge in [0, 0.05) is 18.9 Å². The van der Waals surface area contributed by atoms with Crippen LogP contribution in [0.2, 0.25) is 0 Å². The minimum atomic E-state index is -0.512. The van der Waals surface area contributed by atoms with Crippen LogP contribution in [0, 0.1) is 12.7 Å². The minimum absolute atomic E-state index is 0.126. The molecule has 0 aliphatic carbocycles. The van der Waals surface area contributed by atoms with Crippen LogP contribution in [-0.2, 0) is 0 Å². The fraction of sp³-hybridized carbons (Fsp3) is 0.182. The topological polar surface area (TPSA) is 77.2 Å². The van der Waals surface area contributed by atoms with Crippen LogP contribution in [0.4, 0.5) is 4.39 Å². The van der Waals surface area contributed by atoms with Crippen molar-refractivity contribution in [1.82, 2.24) is 10.3 Å². The van der Waals surface area contributed by atoms with E-state index in [2.05, 4.69) is 10.3 Å². The highest BCUT2D eigenvalue weighted by atomic mass is 19.1. The van der Waals surface area contributed by atoms with Crippen LogP contribution < -0.4 is 15.8 Å². The van der Waals surface area contributed by atoms with Crippen molar-refractivity contribution in [3.8, 4) is 5.75 Å². The zero-order chi connectivity index (χ0) is 19.9. The Bertz CT molecular complexity index is 948. The number of aromatic nitrogens is 1. The molecular weight excluding hydrogens is 357 g/mol. The van der Waals surface area contributed by atoms with E-state index >= 15 is 0 Å². The first-order chi connectivity index (χ1) is 13.6. The zero-order valence-electron chi connectivity index (χ0n) is 15.6. The van der Waals surface area contributed by atoms with Crippen molar-refractivity contribution in [1.29, 1.82) is 0 Å². The maximum Gasteiger partial charge on any atom is 0.255 e. The predicted octanol–water partition coefficient (Wildman–Crippen LogP) is 3.39. The molecule has 1 atom stereocenters. The van der Waals surface area contributed by atoms with Gasteiger partial charge in [0.2, 0.25) is 0 Å². The molecule has 2 aromatic carbocycles. The molecule has 3 N–H and O–H groups in total. The van der Waals surface area contributed by atoms with Crippen molar-refractivity contribution >= 4 is 5.91 Å². The molecule has 0 radical (unpaired) electrons. The summed E-state index contributed by atoms with van der Waals surface area (Å²) in [5.41, 5.74) is 8.45. The third-order valence-electron chi connectivity index (χ3n) is 4.38. The Morgan fingerprint density at radius 2 is 1.93 bits per heavy atom. The van der Waals surface area contributed by atoms with E-state index in [1.807, 2.05) is 43.3 Å². The monoisotopic (exact) mass is 379 g/mol. The Morgan fingerprint density at radius 3 is 2.64 bits per heavy atom. The molecule has 0 bridgehead atoms. The molecule has 3 aromatic rings. The number of hydrogen-bond donors (Lipinski definition) is 2. The number of carbonyl (C=O) groups is 1. The average Bonchev–Trinajstić information content (AvgIpc) is 2.72. The third kappa shape index (κ3) is 4.53. The number of nitrogens with zero attached hydrogens (tertiary/aromatic N) is 1. The van der Waals surface area contributed by atoms with Gasteiger partial charge in [-0.05, 0) is 53.9 Å². The summed E-state index contributed by atoms with van der Waals surface area (Å²) < 4.78 is 19.3. The molecule has 0 spiro atoms. The number of ether oxygens (including phenoxy) is 1. The van der Waals surface area contributed by atoms with E-state index < -0.39 is 17.8 Å². The van der Waals surface area contributed by atoms with Crippen LogP contribution in [0.1, 0.15) is 33.1 Å². The Kier molecular flexibility index (Phi) is 6.34. The molecule has 0 fully saturated rings. The number of nitrogens with two attached hydrogens (primary N) is 1. The van der Waals surface area contributed by atoms with Crippen LogP contribution in [0.25, 0.3) is 0 Å². The molecule has 3 rings (SSSR count). The number of aryl methyl sites for hydroxylation is 1. The van der Waals surface area contributed by atoms with Crippen molar-refractivity contribution < 1.29 is 13.9 Å². The molecule has 1 heterocycles. The highest BCUT2D eigenvalue weighted by molar-refractivity contribution is 5.97. The van der Waals surface area contributed by atoms with E-state index in [-0.39, 0.29) is 12.2 Å². The number of nitrogens with one attached hydrogen (secondary N) is 1. The smallest absolute Gasteiger partial charge is 0.255 e. The van der Waals surface area contributed by atoms with E-state index in [1.54, 1.807) is 12.4 Å². The van der Waals surface area contributed by atoms with Crippen LogP contribution >= 0.6 is 0 Å². The maximum atomic E-state index is 13.8. The average molecular weight is 379 g/mol. The molecule has 0 aliphatic rings. The second kappa shape index (κ2) is 9.10. The number of pyridine rings is 1. The number of halogens is 1. The van der Waals surface area contributed by atoms with Gasteiger partial charge < -0.3 is 15.8 Å². The Morgan fingerprint density at radius 1 is 1.18 bits per heavy atom. The van der Waals surface area contributed by atoms with Gasteiger partial charge in [-0.2, -0.15) is 0 Å². The summed E-state index contributed by atoms with van der Waals surface area (Å²) in [6, 6.07) is 14.9. The molecule has 0 saturated heterocycles. The maximum absolute atomic E-state index is 13.8. The molecule has 1 aromatic heterocycles. The van der Waals surface area contributed by atoms with E-state index in [9.17, 15) is 9.18 Å². The van der Waals surface area contributed by atoms with Crippen molar-refractivity contribution in [3.63, 3.8) is 0 Å². The summed E-state index contributed by atoms with van der Waals surface area (Å²) in [5.74, 6) is -0.652. The van der Waals surface area contributed by atoms with Crippen LogP contribution in [0.15, 0.2) is 67.0 Å². The van der Waals surface area contributed by atoms with Gasteiger partial charge in [-0.25, -0.2) is 4.39 Å². The zero-order valence-corrected chi connectivity index (χ0v) is 15.6. The van der Waals surface area contributed by atoms with E-state index in [0.717, 1.165) is 16.7 Å². The van der Waals surface area contributed by atoms with Crippen molar-refractivity contribution in [2.24, 2.45) is 5.73 Å². The summed E-state index contributed by atoms with van der Waals surface area (Å²) in [5, 5.41) is 3.01. The molecular formula is C22H22FN3O2. The van der Waals surface area contributed by atoms with Crippen LogP contribution in [0.3, 0.4) is 0 Å². The van der Waals surface area contributed by atoms with Crippen molar-refractivity contribution in [2.75, 3.05) is 13.2 Å². The highest BCUT2D eigenvalue weighted by Gasteiger charge is 2.22. The fourth-order valence-electron chi connectivity index (χ4n) is 2.99. The Hall–Kier alpha value is -3.25. The number of benzene rings is 2. The van der Waals surface area contributed by atoms with Gasteiger partial charge in [-0.15, -0.1) is 0 Å². The van der Waals surface area contributed by atoms with E-state index in [0.29, 0.717) is 12.3 Å². The molecule has 1 unspecified atom stereocenters. The summed E-state index contributed by atoms with van der Waals surface area (Å²) in [6.07, 6.45) is 3.34. The standard InChI is InChI=1S/C22H22FN3O2/c1-15-4-2-3-5-18(15)21(16-8-11-25-12-9-16)26-22(27)19-14-17(23)6-7-20(19)28-13-10-24/h2-9,11-12,14,21H,10,13,24H2,1H3,(H,26,27). The summed E-state index contributed by atoms with van der Waals surface area (Å²) in [7, 11) is 0. The SMILES string of the molecule is Cc1ccccc1C(NC(=O)c1cc(F)ccc1OCCN)c1ccncc1. The predicted molar refractivity (Wildman–Crippen MR) is 106 cm³/mol. The summed E-state index contributed by atoms with van der Waals surface area (Å²) >= 11 is 0. The minimum Gasteiger partial charge on any atom is -0.491 e. The number of hydrogen-bond acceptors (Lipinski definition) is 4. The molecule has 28 heavy (non-hydrogen) atoms. The highest BCUT2D eigenvalue weighted by Crippen LogP contribution is 2.27. The summed E-state index contributed by atoms with van der Waals surface area (Å²) in [6.45, 7) is 2.51. The van der Waals surface area contributed by atoms with E-state index in [4.69, 9.17) is 10.5 Å². The Labute approximate surface area is 163 Å².